The molecule has 1 aliphatic heterocycles. The lowest BCUT2D eigenvalue weighted by Gasteiger charge is -2.12. The number of anilines is 1. The molecular weight excluding hydrogens is 299 g/mol. The van der Waals surface area contributed by atoms with Crippen molar-refractivity contribution in [2.45, 2.75) is 12.6 Å². The van der Waals surface area contributed by atoms with Gasteiger partial charge in [0.2, 0.25) is 0 Å². The zero-order valence-electron chi connectivity index (χ0n) is 11.5. The molecule has 0 saturated heterocycles. The first kappa shape index (κ1) is 14.4. The molecule has 2 N–H and O–H groups in total. The van der Waals surface area contributed by atoms with Gasteiger partial charge in [0.05, 0.1) is 0 Å². The highest BCUT2D eigenvalue weighted by Crippen LogP contribution is 2.39. The molecule has 116 valence electrons. The van der Waals surface area contributed by atoms with E-state index in [0.717, 1.165) is 17.8 Å². The maximum Gasteiger partial charge on any atom is 0.433 e. The van der Waals surface area contributed by atoms with Gasteiger partial charge in [-0.05, 0) is 18.1 Å². The van der Waals surface area contributed by atoms with Gasteiger partial charge in [0.25, 0.3) is 0 Å². The molecule has 5 nitrogen and oxygen atoms in total. The first-order valence-corrected chi connectivity index (χ1v) is 6.53. The molecule has 0 aliphatic carbocycles. The number of alkyl halides is 3. The van der Waals surface area contributed by atoms with Gasteiger partial charge >= 0.3 is 12.1 Å². The molecule has 0 unspecified atom stereocenters. The van der Waals surface area contributed by atoms with Crippen molar-refractivity contribution in [3.63, 3.8) is 0 Å². The molecular formula is C14H12F3N3O2. The maximum atomic E-state index is 12.9. The summed E-state index contributed by atoms with van der Waals surface area (Å²) in [6.45, 7) is 0.727. The predicted octanol–water partition coefficient (Wildman–Crippen LogP) is 2.79. The monoisotopic (exact) mass is 311 g/mol. The third kappa shape index (κ3) is 2.11. The summed E-state index contributed by atoms with van der Waals surface area (Å²) in [6, 6.07) is 5.13. The zero-order valence-corrected chi connectivity index (χ0v) is 11.5. The zero-order chi connectivity index (χ0) is 16.1. The minimum atomic E-state index is -4.80. The molecule has 1 aliphatic rings. The number of carboxylic acids is 1. The lowest BCUT2D eigenvalue weighted by molar-refractivity contribution is -0.141. The number of likely N-dealkylation sites (N-methyl/N-ethyl adjacent to an activating group) is 1. The molecule has 0 fully saturated rings. The summed E-state index contributed by atoms with van der Waals surface area (Å²) in [6.07, 6.45) is -4.16. The lowest BCUT2D eigenvalue weighted by atomic mass is 9.98. The van der Waals surface area contributed by atoms with Crippen LogP contribution in [0.25, 0.3) is 11.3 Å². The number of hydrogen-bond acceptors (Lipinski definition) is 3. The van der Waals surface area contributed by atoms with Crippen molar-refractivity contribution < 1.29 is 23.1 Å². The number of halogens is 3. The lowest BCUT2D eigenvalue weighted by Crippen LogP contribution is -2.12. The van der Waals surface area contributed by atoms with Crippen molar-refractivity contribution in [2.75, 3.05) is 18.5 Å². The molecule has 0 saturated carbocycles. The number of hydrogen-bond donors (Lipinski definition) is 2. The molecule has 0 spiro atoms. The molecule has 2 heterocycles. The second kappa shape index (κ2) is 4.75. The molecule has 22 heavy (non-hydrogen) atoms. The molecule has 0 radical (unpaired) electrons. The number of nitrogens with one attached hydrogen (secondary N) is 1. The van der Waals surface area contributed by atoms with Crippen LogP contribution >= 0.6 is 0 Å². The molecule has 2 aromatic rings. The number of aromatic nitrogens is 2. The van der Waals surface area contributed by atoms with Crippen LogP contribution in [0.3, 0.4) is 0 Å². The van der Waals surface area contributed by atoms with Gasteiger partial charge in [0.15, 0.2) is 5.69 Å². The Morgan fingerprint density at radius 1 is 1.41 bits per heavy atom. The van der Waals surface area contributed by atoms with E-state index in [2.05, 4.69) is 5.10 Å². The van der Waals surface area contributed by atoms with Crippen LogP contribution in [0.5, 0.6) is 0 Å². The molecule has 0 bridgehead atoms. The summed E-state index contributed by atoms with van der Waals surface area (Å²) in [4.78, 5) is 13.3. The maximum absolute atomic E-state index is 12.9. The SMILES string of the molecule is CN1CCc2c(-c3n[nH]c(C(F)(F)F)c3C(=O)O)cccc21. The van der Waals surface area contributed by atoms with E-state index >= 15 is 0 Å². The number of rotatable bonds is 2. The van der Waals surface area contributed by atoms with E-state index in [1.807, 2.05) is 23.1 Å². The Morgan fingerprint density at radius 3 is 2.77 bits per heavy atom. The molecule has 0 atom stereocenters. The summed E-state index contributed by atoms with van der Waals surface area (Å²) in [7, 11) is 1.87. The third-order valence-corrected chi connectivity index (χ3v) is 3.78. The molecule has 8 heteroatoms. The fourth-order valence-corrected chi connectivity index (χ4v) is 2.77. The number of fused-ring (bicyclic) bond motifs is 1. The van der Waals surface area contributed by atoms with E-state index < -0.39 is 23.4 Å². The van der Waals surface area contributed by atoms with Gasteiger partial charge in [0.1, 0.15) is 11.3 Å². The van der Waals surface area contributed by atoms with E-state index in [4.69, 9.17) is 0 Å². The average Bonchev–Trinajstić information content (AvgIpc) is 3.02. The van der Waals surface area contributed by atoms with Crippen LogP contribution in [0.2, 0.25) is 0 Å². The van der Waals surface area contributed by atoms with Crippen LogP contribution in [-0.4, -0.2) is 34.9 Å². The Bertz CT molecular complexity index is 752. The minimum Gasteiger partial charge on any atom is -0.478 e. The first-order valence-electron chi connectivity index (χ1n) is 6.53. The van der Waals surface area contributed by atoms with Gasteiger partial charge in [-0.15, -0.1) is 0 Å². The second-order valence-electron chi connectivity index (χ2n) is 5.10. The Labute approximate surface area is 123 Å². The van der Waals surface area contributed by atoms with Crippen LogP contribution in [0.15, 0.2) is 18.2 Å². The van der Waals surface area contributed by atoms with E-state index in [9.17, 15) is 23.1 Å². The number of benzene rings is 1. The normalized spacial score (nSPS) is 14.3. The summed E-state index contributed by atoms with van der Waals surface area (Å²) in [5.41, 5.74) is -0.231. The van der Waals surface area contributed by atoms with Gasteiger partial charge in [-0.1, -0.05) is 12.1 Å². The van der Waals surface area contributed by atoms with Crippen LogP contribution in [0, 0.1) is 0 Å². The van der Waals surface area contributed by atoms with Crippen LogP contribution in [-0.2, 0) is 12.6 Å². The molecule has 0 amide bonds. The van der Waals surface area contributed by atoms with Gasteiger partial charge in [-0.3, -0.25) is 5.10 Å². The molecule has 1 aromatic carbocycles. The van der Waals surface area contributed by atoms with Crippen molar-refractivity contribution in [2.24, 2.45) is 0 Å². The van der Waals surface area contributed by atoms with Crippen molar-refractivity contribution >= 4 is 11.7 Å². The summed E-state index contributed by atoms with van der Waals surface area (Å²) in [5, 5.41) is 14.6. The smallest absolute Gasteiger partial charge is 0.433 e. The summed E-state index contributed by atoms with van der Waals surface area (Å²) < 4.78 is 38.8. The Kier molecular flexibility index (Phi) is 3.12. The van der Waals surface area contributed by atoms with Gasteiger partial charge in [-0.25, -0.2) is 4.79 Å². The number of aromatic carboxylic acids is 1. The Morgan fingerprint density at radius 2 is 2.14 bits per heavy atom. The van der Waals surface area contributed by atoms with Crippen LogP contribution in [0.1, 0.15) is 21.6 Å². The average molecular weight is 311 g/mol. The van der Waals surface area contributed by atoms with Crippen molar-refractivity contribution in [1.82, 2.24) is 10.2 Å². The van der Waals surface area contributed by atoms with E-state index in [1.165, 1.54) is 0 Å². The quantitative estimate of drug-likeness (QED) is 0.895. The largest absolute Gasteiger partial charge is 0.478 e. The fourth-order valence-electron chi connectivity index (χ4n) is 2.77. The van der Waals surface area contributed by atoms with Crippen molar-refractivity contribution in [3.05, 3.63) is 35.0 Å². The summed E-state index contributed by atoms with van der Waals surface area (Å²) in [5.74, 6) is -1.65. The van der Waals surface area contributed by atoms with Crippen molar-refractivity contribution in [3.8, 4) is 11.3 Å². The molecule has 3 rings (SSSR count). The highest BCUT2D eigenvalue weighted by molar-refractivity contribution is 5.97. The number of nitrogens with zero attached hydrogens (tertiary/aromatic N) is 2. The van der Waals surface area contributed by atoms with E-state index in [0.29, 0.717) is 12.0 Å². The molecule has 1 aromatic heterocycles. The minimum absolute atomic E-state index is 0.174. The third-order valence-electron chi connectivity index (χ3n) is 3.78. The van der Waals surface area contributed by atoms with Crippen molar-refractivity contribution in [1.29, 1.82) is 0 Å². The van der Waals surface area contributed by atoms with Gasteiger partial charge < -0.3 is 10.0 Å². The van der Waals surface area contributed by atoms with Crippen LogP contribution < -0.4 is 4.90 Å². The highest BCUT2D eigenvalue weighted by Gasteiger charge is 2.40. The van der Waals surface area contributed by atoms with E-state index in [-0.39, 0.29) is 5.69 Å². The topological polar surface area (TPSA) is 69.2 Å². The highest BCUT2D eigenvalue weighted by atomic mass is 19.4. The number of aromatic amines is 1. The summed E-state index contributed by atoms with van der Waals surface area (Å²) >= 11 is 0. The number of carboxylic acid groups (broad SMARTS) is 1. The Hall–Kier alpha value is -2.51. The van der Waals surface area contributed by atoms with Gasteiger partial charge in [-0.2, -0.15) is 18.3 Å². The van der Waals surface area contributed by atoms with E-state index in [1.54, 1.807) is 12.1 Å². The standard InChI is InChI=1S/C14H12F3N3O2/c1-20-6-5-7-8(3-2-4-9(7)20)11-10(13(21)22)12(19-18-11)14(15,16)17/h2-4H,5-6H2,1H3,(H,18,19)(H,21,22). The number of carbonyl (C=O) groups is 1. The van der Waals surface area contributed by atoms with Crippen LogP contribution in [0.4, 0.5) is 18.9 Å². The predicted molar refractivity (Wildman–Crippen MR) is 73.0 cm³/mol. The fraction of sp³-hybridized carbons (Fsp3) is 0.286. The second-order valence-corrected chi connectivity index (χ2v) is 5.10. The van der Waals surface area contributed by atoms with Gasteiger partial charge in [0, 0.05) is 24.8 Å². The first-order chi connectivity index (χ1) is 10.3. The Balaban J connectivity index is 2.23. The number of H-pyrrole nitrogens is 1.